The molecule has 2 rings (SSSR count). The van der Waals surface area contributed by atoms with Crippen molar-refractivity contribution < 1.29 is 22.7 Å². The number of benzene rings is 1. The van der Waals surface area contributed by atoms with Crippen LogP contribution in [-0.2, 0) is 27.7 Å². The van der Waals surface area contributed by atoms with Crippen molar-refractivity contribution in [3.63, 3.8) is 0 Å². The van der Waals surface area contributed by atoms with E-state index in [0.717, 1.165) is 12.1 Å². The van der Waals surface area contributed by atoms with Gasteiger partial charge in [-0.2, -0.15) is 13.2 Å². The predicted octanol–water partition coefficient (Wildman–Crippen LogP) is 2.37. The van der Waals surface area contributed by atoms with Crippen molar-refractivity contribution in [3.05, 3.63) is 34.9 Å². The number of aryl methyl sites for hydroxylation is 1. The molecule has 1 atom stereocenters. The molecule has 2 N–H and O–H groups in total. The standard InChI is InChI=1S/C13H14F3NO2/c1-2-19-11(18)12(17)6-5-8-7-9(13(14,15)16)3-4-10(8)12/h3-4,7H,2,5-6,17H2,1H3. The van der Waals surface area contributed by atoms with Crippen LogP contribution < -0.4 is 5.73 Å². The Bertz CT molecular complexity index is 513. The van der Waals surface area contributed by atoms with Crippen molar-refractivity contribution >= 4 is 5.97 Å². The highest BCUT2D eigenvalue weighted by Crippen LogP contribution is 2.39. The summed E-state index contributed by atoms with van der Waals surface area (Å²) in [7, 11) is 0. The Balaban J connectivity index is 2.39. The quantitative estimate of drug-likeness (QED) is 0.842. The number of rotatable bonds is 2. The lowest BCUT2D eigenvalue weighted by Crippen LogP contribution is -2.44. The highest BCUT2D eigenvalue weighted by atomic mass is 19.4. The maximum absolute atomic E-state index is 12.6. The number of hydrogen-bond donors (Lipinski definition) is 1. The second-order valence-electron chi connectivity index (χ2n) is 4.56. The molecule has 6 heteroatoms. The van der Waals surface area contributed by atoms with Crippen LogP contribution in [0.1, 0.15) is 30.0 Å². The van der Waals surface area contributed by atoms with Gasteiger partial charge in [-0.25, -0.2) is 4.79 Å². The molecule has 1 aromatic carbocycles. The van der Waals surface area contributed by atoms with Gasteiger partial charge >= 0.3 is 12.1 Å². The van der Waals surface area contributed by atoms with Crippen LogP contribution in [0.25, 0.3) is 0 Å². The molecule has 0 spiro atoms. The third-order valence-corrected chi connectivity index (χ3v) is 3.34. The highest BCUT2D eigenvalue weighted by Gasteiger charge is 2.44. The monoisotopic (exact) mass is 273 g/mol. The molecule has 1 aliphatic carbocycles. The fraction of sp³-hybridized carbons (Fsp3) is 0.462. The Kier molecular flexibility index (Phi) is 3.30. The summed E-state index contributed by atoms with van der Waals surface area (Å²) in [5.74, 6) is -0.589. The average Bonchev–Trinajstić information content (AvgIpc) is 2.67. The van der Waals surface area contributed by atoms with E-state index in [1.807, 2.05) is 0 Å². The summed E-state index contributed by atoms with van der Waals surface area (Å²) < 4.78 is 42.7. The summed E-state index contributed by atoms with van der Waals surface area (Å²) >= 11 is 0. The molecule has 0 heterocycles. The first-order valence-electron chi connectivity index (χ1n) is 5.95. The van der Waals surface area contributed by atoms with E-state index < -0.39 is 23.2 Å². The van der Waals surface area contributed by atoms with Crippen LogP contribution in [0.3, 0.4) is 0 Å². The number of nitrogens with two attached hydrogens (primary N) is 1. The van der Waals surface area contributed by atoms with Crippen LogP contribution in [-0.4, -0.2) is 12.6 Å². The molecule has 0 amide bonds. The fourth-order valence-electron chi connectivity index (χ4n) is 2.35. The third kappa shape index (κ3) is 2.32. The minimum Gasteiger partial charge on any atom is -0.464 e. The first-order valence-corrected chi connectivity index (χ1v) is 5.95. The van der Waals surface area contributed by atoms with Crippen molar-refractivity contribution in [1.82, 2.24) is 0 Å². The molecule has 0 saturated carbocycles. The first kappa shape index (κ1) is 13.9. The second-order valence-corrected chi connectivity index (χ2v) is 4.56. The fourth-order valence-corrected chi connectivity index (χ4v) is 2.35. The number of esters is 1. The van der Waals surface area contributed by atoms with Gasteiger partial charge in [0.25, 0.3) is 0 Å². The largest absolute Gasteiger partial charge is 0.464 e. The SMILES string of the molecule is CCOC(=O)C1(N)CCc2cc(C(F)(F)F)ccc21. The van der Waals surface area contributed by atoms with Crippen molar-refractivity contribution in [3.8, 4) is 0 Å². The Morgan fingerprint density at radius 1 is 1.47 bits per heavy atom. The number of ether oxygens (including phenoxy) is 1. The maximum atomic E-state index is 12.6. The molecule has 0 radical (unpaired) electrons. The van der Waals surface area contributed by atoms with Crippen LogP contribution in [0.4, 0.5) is 13.2 Å². The van der Waals surface area contributed by atoms with Gasteiger partial charge in [-0.3, -0.25) is 0 Å². The van der Waals surface area contributed by atoms with E-state index in [4.69, 9.17) is 10.5 Å². The van der Waals surface area contributed by atoms with E-state index in [1.165, 1.54) is 6.07 Å². The normalized spacial score (nSPS) is 22.2. The summed E-state index contributed by atoms with van der Waals surface area (Å²) in [6.45, 7) is 1.84. The van der Waals surface area contributed by atoms with Gasteiger partial charge < -0.3 is 10.5 Å². The number of hydrogen-bond acceptors (Lipinski definition) is 3. The zero-order valence-corrected chi connectivity index (χ0v) is 10.4. The number of alkyl halides is 3. The molecule has 1 aromatic rings. The average molecular weight is 273 g/mol. The molecule has 0 bridgehead atoms. The topological polar surface area (TPSA) is 52.3 Å². The van der Waals surface area contributed by atoms with E-state index in [1.54, 1.807) is 6.92 Å². The first-order chi connectivity index (χ1) is 8.79. The van der Waals surface area contributed by atoms with Crippen molar-refractivity contribution in [2.75, 3.05) is 6.61 Å². The summed E-state index contributed by atoms with van der Waals surface area (Å²) in [5.41, 5.74) is 4.85. The predicted molar refractivity (Wildman–Crippen MR) is 62.3 cm³/mol. The van der Waals surface area contributed by atoms with Crippen LogP contribution >= 0.6 is 0 Å². The van der Waals surface area contributed by atoms with Crippen molar-refractivity contribution in [2.24, 2.45) is 5.73 Å². The summed E-state index contributed by atoms with van der Waals surface area (Å²) in [5, 5.41) is 0. The zero-order valence-electron chi connectivity index (χ0n) is 10.4. The Labute approximate surface area is 108 Å². The Morgan fingerprint density at radius 2 is 2.16 bits per heavy atom. The highest BCUT2D eigenvalue weighted by molar-refractivity contribution is 5.84. The number of fused-ring (bicyclic) bond motifs is 1. The van der Waals surface area contributed by atoms with E-state index in [-0.39, 0.29) is 13.0 Å². The maximum Gasteiger partial charge on any atom is 0.416 e. The van der Waals surface area contributed by atoms with Gasteiger partial charge in [0.05, 0.1) is 12.2 Å². The molecule has 19 heavy (non-hydrogen) atoms. The molecule has 0 aromatic heterocycles. The summed E-state index contributed by atoms with van der Waals surface area (Å²) in [4.78, 5) is 11.8. The van der Waals surface area contributed by atoms with E-state index in [0.29, 0.717) is 17.5 Å². The number of carbonyl (C=O) groups excluding carboxylic acids is 1. The molecule has 1 unspecified atom stereocenters. The zero-order chi connectivity index (χ0) is 14.3. The minimum absolute atomic E-state index is 0.188. The van der Waals surface area contributed by atoms with Crippen molar-refractivity contribution in [2.45, 2.75) is 31.5 Å². The van der Waals surface area contributed by atoms with Gasteiger partial charge in [-0.05, 0) is 43.0 Å². The lowest BCUT2D eigenvalue weighted by molar-refractivity contribution is -0.150. The molecule has 0 saturated heterocycles. The molecular weight excluding hydrogens is 259 g/mol. The van der Waals surface area contributed by atoms with Crippen LogP contribution in [0.2, 0.25) is 0 Å². The van der Waals surface area contributed by atoms with Crippen LogP contribution in [0, 0.1) is 0 Å². The summed E-state index contributed by atoms with van der Waals surface area (Å²) in [6.07, 6.45) is -3.78. The molecule has 104 valence electrons. The Morgan fingerprint density at radius 3 is 2.74 bits per heavy atom. The smallest absolute Gasteiger partial charge is 0.416 e. The summed E-state index contributed by atoms with van der Waals surface area (Å²) in [6, 6.07) is 3.29. The van der Waals surface area contributed by atoms with Crippen molar-refractivity contribution in [1.29, 1.82) is 0 Å². The van der Waals surface area contributed by atoms with Gasteiger partial charge in [0.2, 0.25) is 0 Å². The number of carbonyl (C=O) groups is 1. The Hall–Kier alpha value is -1.56. The second kappa shape index (κ2) is 4.52. The molecular formula is C13H14F3NO2. The molecule has 1 aliphatic rings. The third-order valence-electron chi connectivity index (χ3n) is 3.34. The van der Waals surface area contributed by atoms with E-state index in [2.05, 4.69) is 0 Å². The van der Waals surface area contributed by atoms with Gasteiger partial charge in [0.15, 0.2) is 0 Å². The van der Waals surface area contributed by atoms with E-state index >= 15 is 0 Å². The lowest BCUT2D eigenvalue weighted by atomic mass is 9.92. The van der Waals surface area contributed by atoms with Gasteiger partial charge in [0, 0.05) is 0 Å². The van der Waals surface area contributed by atoms with Gasteiger partial charge in [-0.15, -0.1) is 0 Å². The molecule has 3 nitrogen and oxygen atoms in total. The van der Waals surface area contributed by atoms with Crippen LogP contribution in [0.15, 0.2) is 18.2 Å². The number of halogens is 3. The lowest BCUT2D eigenvalue weighted by Gasteiger charge is -2.23. The minimum atomic E-state index is -4.39. The van der Waals surface area contributed by atoms with Crippen LogP contribution in [0.5, 0.6) is 0 Å². The van der Waals surface area contributed by atoms with Gasteiger partial charge in [-0.1, -0.05) is 6.07 Å². The molecule has 0 aliphatic heterocycles. The molecule has 0 fully saturated rings. The van der Waals surface area contributed by atoms with Gasteiger partial charge in [0.1, 0.15) is 5.54 Å². The van der Waals surface area contributed by atoms with E-state index in [9.17, 15) is 18.0 Å².